The Hall–Kier alpha value is -1.76. The molecule has 1 aliphatic carbocycles. The van der Waals surface area contributed by atoms with Gasteiger partial charge in [-0.3, -0.25) is 0 Å². The Morgan fingerprint density at radius 2 is 1.94 bits per heavy atom. The van der Waals surface area contributed by atoms with E-state index in [-0.39, 0.29) is 0 Å². The second-order valence-corrected chi connectivity index (χ2v) is 5.17. The number of rotatable bonds is 0. The molecule has 0 amide bonds. The van der Waals surface area contributed by atoms with Crippen molar-refractivity contribution in [3.8, 4) is 0 Å². The number of fused-ring (bicyclic) bond motifs is 5. The summed E-state index contributed by atoms with van der Waals surface area (Å²) in [5.41, 5.74) is 7.32. The molecular formula is C16H15N. The molecule has 1 aliphatic heterocycles. The molecule has 1 nitrogen and oxygen atoms in total. The minimum atomic E-state index is 0.572. The first kappa shape index (κ1) is 9.29. The fourth-order valence-corrected chi connectivity index (χ4v) is 3.51. The lowest BCUT2D eigenvalue weighted by Crippen LogP contribution is -2.17. The van der Waals surface area contributed by atoms with E-state index in [1.807, 2.05) is 0 Å². The van der Waals surface area contributed by atoms with Crippen LogP contribution < -0.4 is 5.32 Å². The van der Waals surface area contributed by atoms with Crippen molar-refractivity contribution in [2.45, 2.75) is 25.3 Å². The van der Waals surface area contributed by atoms with Crippen molar-refractivity contribution in [1.82, 2.24) is 0 Å². The van der Waals surface area contributed by atoms with Gasteiger partial charge in [-0.25, -0.2) is 0 Å². The van der Waals surface area contributed by atoms with Gasteiger partial charge in [-0.2, -0.15) is 0 Å². The topological polar surface area (TPSA) is 12.0 Å². The van der Waals surface area contributed by atoms with Crippen LogP contribution in [0.4, 0.5) is 5.69 Å². The van der Waals surface area contributed by atoms with Crippen molar-refractivity contribution in [2.75, 3.05) is 5.32 Å². The van der Waals surface area contributed by atoms with Crippen LogP contribution in [-0.4, -0.2) is 6.04 Å². The van der Waals surface area contributed by atoms with Gasteiger partial charge in [0.2, 0.25) is 0 Å². The fourth-order valence-electron chi connectivity index (χ4n) is 3.51. The first-order valence-electron chi connectivity index (χ1n) is 6.28. The predicted octanol–water partition coefficient (Wildman–Crippen LogP) is 3.48. The molecule has 17 heavy (non-hydrogen) atoms. The molecular weight excluding hydrogens is 206 g/mol. The van der Waals surface area contributed by atoms with Gasteiger partial charge in [0, 0.05) is 17.6 Å². The maximum Gasteiger partial charge on any atom is 0.0412 e. The van der Waals surface area contributed by atoms with Crippen LogP contribution in [0.25, 0.3) is 0 Å². The fraction of sp³-hybridized carbons (Fsp3) is 0.250. The zero-order valence-corrected chi connectivity index (χ0v) is 9.90. The van der Waals surface area contributed by atoms with Crippen molar-refractivity contribution >= 4 is 5.69 Å². The van der Waals surface area contributed by atoms with Crippen LogP contribution in [0.15, 0.2) is 42.5 Å². The van der Waals surface area contributed by atoms with Crippen LogP contribution in [0.2, 0.25) is 0 Å². The highest BCUT2D eigenvalue weighted by Crippen LogP contribution is 2.48. The van der Waals surface area contributed by atoms with Gasteiger partial charge >= 0.3 is 0 Å². The molecule has 1 heterocycles. The standard InChI is InChI=1S/C16H15N/c1-10-5-4-8-13-15(10)16-12-7-3-2-6-11(12)9-14(16)17-13/h2-8,14,16-17H,9H2,1H3/t14-,16+/m1/s1. The van der Waals surface area contributed by atoms with Crippen LogP contribution in [0, 0.1) is 6.92 Å². The van der Waals surface area contributed by atoms with Crippen LogP contribution >= 0.6 is 0 Å². The summed E-state index contributed by atoms with van der Waals surface area (Å²) in [6.45, 7) is 2.23. The first-order valence-corrected chi connectivity index (χ1v) is 6.28. The number of nitrogens with one attached hydrogen (secondary N) is 1. The molecule has 84 valence electrons. The summed E-state index contributed by atoms with van der Waals surface area (Å²) in [4.78, 5) is 0. The van der Waals surface area contributed by atoms with Gasteiger partial charge in [-0.05, 0) is 41.7 Å². The van der Waals surface area contributed by atoms with Gasteiger partial charge in [-0.15, -0.1) is 0 Å². The second-order valence-electron chi connectivity index (χ2n) is 5.17. The highest BCUT2D eigenvalue weighted by molar-refractivity contribution is 5.67. The van der Waals surface area contributed by atoms with Crippen LogP contribution in [-0.2, 0) is 6.42 Å². The number of benzene rings is 2. The zero-order valence-electron chi connectivity index (χ0n) is 9.90. The third-order valence-corrected chi connectivity index (χ3v) is 4.21. The maximum atomic E-state index is 3.68. The molecule has 0 spiro atoms. The molecule has 2 aliphatic rings. The molecule has 2 atom stereocenters. The SMILES string of the molecule is Cc1cccc2c1[C@H]1c3ccccc3C[C@H]1N2. The van der Waals surface area contributed by atoms with E-state index in [9.17, 15) is 0 Å². The zero-order chi connectivity index (χ0) is 11.4. The summed E-state index contributed by atoms with van der Waals surface area (Å²) in [7, 11) is 0. The second kappa shape index (κ2) is 3.13. The first-order chi connectivity index (χ1) is 8.34. The van der Waals surface area contributed by atoms with E-state index in [1.54, 1.807) is 0 Å². The van der Waals surface area contributed by atoms with E-state index in [0.29, 0.717) is 12.0 Å². The highest BCUT2D eigenvalue weighted by Gasteiger charge is 2.39. The molecule has 2 aromatic carbocycles. The summed E-state index contributed by atoms with van der Waals surface area (Å²) in [6.07, 6.45) is 1.16. The minimum absolute atomic E-state index is 0.572. The predicted molar refractivity (Wildman–Crippen MR) is 70.6 cm³/mol. The van der Waals surface area contributed by atoms with Crippen molar-refractivity contribution in [1.29, 1.82) is 0 Å². The van der Waals surface area contributed by atoms with Crippen molar-refractivity contribution in [3.63, 3.8) is 0 Å². The van der Waals surface area contributed by atoms with E-state index >= 15 is 0 Å². The Bertz CT molecular complexity index is 600. The molecule has 1 N–H and O–H groups in total. The average molecular weight is 221 g/mol. The molecule has 2 aromatic rings. The lowest BCUT2D eigenvalue weighted by molar-refractivity contribution is 0.724. The summed E-state index contributed by atoms with van der Waals surface area (Å²) >= 11 is 0. The molecule has 0 fully saturated rings. The van der Waals surface area contributed by atoms with Crippen LogP contribution in [0.5, 0.6) is 0 Å². The number of aryl methyl sites for hydroxylation is 1. The Morgan fingerprint density at radius 3 is 2.88 bits per heavy atom. The normalized spacial score (nSPS) is 23.8. The van der Waals surface area contributed by atoms with E-state index in [1.165, 1.54) is 27.9 Å². The maximum absolute atomic E-state index is 3.68. The lowest BCUT2D eigenvalue weighted by atomic mass is 9.90. The van der Waals surface area contributed by atoms with Gasteiger partial charge in [0.05, 0.1) is 0 Å². The van der Waals surface area contributed by atoms with Crippen molar-refractivity contribution in [3.05, 3.63) is 64.7 Å². The summed E-state index contributed by atoms with van der Waals surface area (Å²) in [5, 5.41) is 3.68. The molecule has 0 saturated heterocycles. The molecule has 0 radical (unpaired) electrons. The number of hydrogen-bond acceptors (Lipinski definition) is 1. The molecule has 0 saturated carbocycles. The number of anilines is 1. The van der Waals surface area contributed by atoms with Crippen molar-refractivity contribution in [2.24, 2.45) is 0 Å². The van der Waals surface area contributed by atoms with Gasteiger partial charge < -0.3 is 5.32 Å². The molecule has 4 rings (SSSR count). The Kier molecular flexibility index (Phi) is 1.71. The van der Waals surface area contributed by atoms with E-state index in [0.717, 1.165) is 6.42 Å². The molecule has 0 unspecified atom stereocenters. The Morgan fingerprint density at radius 1 is 1.06 bits per heavy atom. The lowest BCUT2D eigenvalue weighted by Gasteiger charge is -2.12. The summed E-state index contributed by atoms with van der Waals surface area (Å²) < 4.78 is 0. The van der Waals surface area contributed by atoms with Crippen LogP contribution in [0.1, 0.15) is 28.2 Å². The quantitative estimate of drug-likeness (QED) is 0.718. The summed E-state index contributed by atoms with van der Waals surface area (Å²) in [5.74, 6) is 0.572. The third-order valence-electron chi connectivity index (χ3n) is 4.21. The van der Waals surface area contributed by atoms with E-state index in [2.05, 4.69) is 54.7 Å². The third kappa shape index (κ3) is 1.14. The molecule has 1 heteroatoms. The van der Waals surface area contributed by atoms with Crippen LogP contribution in [0.3, 0.4) is 0 Å². The van der Waals surface area contributed by atoms with E-state index in [4.69, 9.17) is 0 Å². The monoisotopic (exact) mass is 221 g/mol. The average Bonchev–Trinajstić information content (AvgIpc) is 2.84. The minimum Gasteiger partial charge on any atom is -0.381 e. The van der Waals surface area contributed by atoms with Gasteiger partial charge in [-0.1, -0.05) is 36.4 Å². The van der Waals surface area contributed by atoms with Gasteiger partial charge in [0.25, 0.3) is 0 Å². The Labute approximate surface area is 101 Å². The van der Waals surface area contributed by atoms with Crippen molar-refractivity contribution < 1.29 is 0 Å². The highest BCUT2D eigenvalue weighted by atomic mass is 15.0. The van der Waals surface area contributed by atoms with Gasteiger partial charge in [0.1, 0.15) is 0 Å². The molecule has 0 bridgehead atoms. The largest absolute Gasteiger partial charge is 0.381 e. The number of hydrogen-bond donors (Lipinski definition) is 1. The van der Waals surface area contributed by atoms with Gasteiger partial charge in [0.15, 0.2) is 0 Å². The van der Waals surface area contributed by atoms with E-state index < -0.39 is 0 Å². The summed E-state index contributed by atoms with van der Waals surface area (Å²) in [6, 6.07) is 16.0. The Balaban J connectivity index is 1.96. The molecule has 0 aromatic heterocycles. The smallest absolute Gasteiger partial charge is 0.0412 e.